The van der Waals surface area contributed by atoms with Gasteiger partial charge in [-0.3, -0.25) is 9.38 Å². The summed E-state index contributed by atoms with van der Waals surface area (Å²) in [4.78, 5) is 13.9. The lowest BCUT2D eigenvalue weighted by Gasteiger charge is -2.12. The molecule has 0 saturated heterocycles. The van der Waals surface area contributed by atoms with Crippen molar-refractivity contribution in [3.63, 3.8) is 0 Å². The van der Waals surface area contributed by atoms with Gasteiger partial charge >= 0.3 is 0 Å². The SMILES string of the molecule is c1ccc2c(c1)Cc1c-2ccc2c1c1cccnc1n1c3ccncc3nc21. The fourth-order valence-electron chi connectivity index (χ4n) is 4.80. The minimum atomic E-state index is 0.894. The Morgan fingerprint density at radius 3 is 2.71 bits per heavy atom. The normalized spacial score (nSPS) is 12.9. The van der Waals surface area contributed by atoms with E-state index in [9.17, 15) is 0 Å². The number of fused-ring (bicyclic) bond motifs is 12. The molecule has 4 nitrogen and oxygen atoms in total. The molecule has 2 aromatic carbocycles. The first-order valence-electron chi connectivity index (χ1n) is 9.43. The first-order chi connectivity index (χ1) is 13.9. The van der Waals surface area contributed by atoms with E-state index in [1.165, 1.54) is 38.4 Å². The molecular formula is C24H14N4. The van der Waals surface area contributed by atoms with Crippen LogP contribution in [0.3, 0.4) is 0 Å². The van der Waals surface area contributed by atoms with Crippen molar-refractivity contribution in [2.45, 2.75) is 6.42 Å². The fraction of sp³-hybridized carbons (Fsp3) is 0.0417. The highest BCUT2D eigenvalue weighted by atomic mass is 15.1. The van der Waals surface area contributed by atoms with Gasteiger partial charge in [-0.25, -0.2) is 9.97 Å². The van der Waals surface area contributed by atoms with E-state index in [2.05, 4.69) is 51.8 Å². The van der Waals surface area contributed by atoms with Gasteiger partial charge in [0, 0.05) is 28.6 Å². The standard InChI is InChI=1S/C24H14N4/c1-2-5-15-14(4-1)12-19-16(15)7-8-18-22(19)17-6-3-10-26-23(17)28-21-9-11-25-13-20(21)27-24(18)28/h1-11,13H,12H2. The smallest absolute Gasteiger partial charge is 0.147 e. The summed E-state index contributed by atoms with van der Waals surface area (Å²) in [5.74, 6) is 0. The van der Waals surface area contributed by atoms with E-state index in [1.807, 2.05) is 30.7 Å². The number of pyridine rings is 3. The third kappa shape index (κ3) is 1.63. The van der Waals surface area contributed by atoms with Crippen LogP contribution in [0.5, 0.6) is 0 Å². The lowest BCUT2D eigenvalue weighted by molar-refractivity contribution is 1.23. The van der Waals surface area contributed by atoms with Gasteiger partial charge in [0.2, 0.25) is 0 Å². The summed E-state index contributed by atoms with van der Waals surface area (Å²) in [6.45, 7) is 0. The Balaban J connectivity index is 1.77. The van der Waals surface area contributed by atoms with Crippen molar-refractivity contribution in [1.29, 1.82) is 0 Å². The molecule has 1 aliphatic rings. The zero-order chi connectivity index (χ0) is 18.2. The fourth-order valence-corrected chi connectivity index (χ4v) is 4.80. The summed E-state index contributed by atoms with van der Waals surface area (Å²) in [5.41, 5.74) is 9.27. The predicted octanol–water partition coefficient (Wildman–Crippen LogP) is 5.16. The minimum absolute atomic E-state index is 0.894. The zero-order valence-electron chi connectivity index (χ0n) is 14.9. The molecule has 1 aliphatic carbocycles. The van der Waals surface area contributed by atoms with Crippen molar-refractivity contribution in [3.8, 4) is 11.1 Å². The number of imidazole rings is 1. The van der Waals surface area contributed by atoms with E-state index >= 15 is 0 Å². The quantitative estimate of drug-likeness (QED) is 0.352. The average molecular weight is 358 g/mol. The molecule has 0 atom stereocenters. The van der Waals surface area contributed by atoms with Crippen molar-refractivity contribution < 1.29 is 0 Å². The van der Waals surface area contributed by atoms with Gasteiger partial charge in [0.15, 0.2) is 0 Å². The second kappa shape index (κ2) is 4.93. The Morgan fingerprint density at radius 1 is 0.786 bits per heavy atom. The van der Waals surface area contributed by atoms with Crippen LogP contribution in [0, 0.1) is 0 Å². The topological polar surface area (TPSA) is 43.1 Å². The summed E-state index contributed by atoms with van der Waals surface area (Å²) in [6.07, 6.45) is 6.45. The van der Waals surface area contributed by atoms with Crippen molar-refractivity contribution in [2.75, 3.05) is 0 Å². The molecule has 7 rings (SSSR count). The summed E-state index contributed by atoms with van der Waals surface area (Å²) in [7, 11) is 0. The summed E-state index contributed by atoms with van der Waals surface area (Å²) < 4.78 is 2.17. The van der Waals surface area contributed by atoms with E-state index in [0.717, 1.165) is 28.7 Å². The van der Waals surface area contributed by atoms with E-state index in [0.29, 0.717) is 0 Å². The molecule has 0 spiro atoms. The van der Waals surface area contributed by atoms with Crippen molar-refractivity contribution >= 4 is 38.5 Å². The Morgan fingerprint density at radius 2 is 1.71 bits per heavy atom. The van der Waals surface area contributed by atoms with Gasteiger partial charge in [0.05, 0.1) is 11.7 Å². The van der Waals surface area contributed by atoms with Gasteiger partial charge in [-0.05, 0) is 52.9 Å². The highest BCUT2D eigenvalue weighted by Crippen LogP contribution is 2.43. The van der Waals surface area contributed by atoms with Crippen LogP contribution in [0.15, 0.2) is 73.2 Å². The number of benzene rings is 2. The number of rotatable bonds is 0. The highest BCUT2D eigenvalue weighted by molar-refractivity contribution is 6.16. The molecule has 0 bridgehead atoms. The van der Waals surface area contributed by atoms with Crippen LogP contribution in [0.1, 0.15) is 11.1 Å². The largest absolute Gasteiger partial charge is 0.276 e. The van der Waals surface area contributed by atoms with Gasteiger partial charge in [-0.1, -0.05) is 30.3 Å². The molecule has 4 aromatic heterocycles. The maximum absolute atomic E-state index is 4.93. The predicted molar refractivity (Wildman–Crippen MR) is 112 cm³/mol. The Kier molecular flexibility index (Phi) is 2.51. The second-order valence-corrected chi connectivity index (χ2v) is 7.36. The third-order valence-electron chi connectivity index (χ3n) is 5.95. The van der Waals surface area contributed by atoms with Crippen LogP contribution in [0.25, 0.3) is 49.6 Å². The second-order valence-electron chi connectivity index (χ2n) is 7.36. The minimum Gasteiger partial charge on any atom is -0.276 e. The Hall–Kier alpha value is -3.79. The van der Waals surface area contributed by atoms with Gasteiger partial charge in [0.1, 0.15) is 16.8 Å². The maximum Gasteiger partial charge on any atom is 0.147 e. The van der Waals surface area contributed by atoms with Gasteiger partial charge in [-0.15, -0.1) is 0 Å². The molecule has 0 aliphatic heterocycles. The first-order valence-corrected chi connectivity index (χ1v) is 9.43. The zero-order valence-corrected chi connectivity index (χ0v) is 14.9. The molecule has 4 heterocycles. The average Bonchev–Trinajstić information content (AvgIpc) is 3.32. The van der Waals surface area contributed by atoms with E-state index in [1.54, 1.807) is 0 Å². The highest BCUT2D eigenvalue weighted by Gasteiger charge is 2.23. The van der Waals surface area contributed by atoms with Crippen molar-refractivity contribution in [1.82, 2.24) is 19.4 Å². The molecule has 0 fully saturated rings. The van der Waals surface area contributed by atoms with Crippen LogP contribution in [0.2, 0.25) is 0 Å². The molecule has 130 valence electrons. The van der Waals surface area contributed by atoms with Crippen molar-refractivity contribution in [2.24, 2.45) is 0 Å². The molecule has 0 radical (unpaired) electrons. The van der Waals surface area contributed by atoms with Crippen LogP contribution in [0.4, 0.5) is 0 Å². The number of aromatic nitrogens is 4. The van der Waals surface area contributed by atoms with Gasteiger partial charge < -0.3 is 0 Å². The molecule has 0 saturated carbocycles. The van der Waals surface area contributed by atoms with E-state index in [-0.39, 0.29) is 0 Å². The lowest BCUT2D eigenvalue weighted by atomic mass is 9.97. The van der Waals surface area contributed by atoms with Crippen LogP contribution in [-0.2, 0) is 6.42 Å². The molecule has 4 heteroatoms. The lowest BCUT2D eigenvalue weighted by Crippen LogP contribution is -1.96. The maximum atomic E-state index is 4.93. The van der Waals surface area contributed by atoms with Crippen molar-refractivity contribution in [3.05, 3.63) is 84.3 Å². The van der Waals surface area contributed by atoms with Crippen LogP contribution >= 0.6 is 0 Å². The summed E-state index contributed by atoms with van der Waals surface area (Å²) in [5, 5.41) is 3.61. The monoisotopic (exact) mass is 358 g/mol. The first kappa shape index (κ1) is 14.3. The summed E-state index contributed by atoms with van der Waals surface area (Å²) in [6, 6.07) is 19.4. The summed E-state index contributed by atoms with van der Waals surface area (Å²) >= 11 is 0. The molecule has 0 N–H and O–H groups in total. The van der Waals surface area contributed by atoms with Crippen LogP contribution in [-0.4, -0.2) is 19.4 Å². The third-order valence-corrected chi connectivity index (χ3v) is 5.95. The van der Waals surface area contributed by atoms with E-state index < -0.39 is 0 Å². The van der Waals surface area contributed by atoms with Gasteiger partial charge in [-0.2, -0.15) is 0 Å². The molecule has 28 heavy (non-hydrogen) atoms. The molecule has 6 aromatic rings. The number of hydrogen-bond donors (Lipinski definition) is 0. The van der Waals surface area contributed by atoms with Gasteiger partial charge in [0.25, 0.3) is 0 Å². The molecule has 0 amide bonds. The Labute approximate surface area is 160 Å². The molecular weight excluding hydrogens is 344 g/mol. The van der Waals surface area contributed by atoms with E-state index in [4.69, 9.17) is 9.97 Å². The number of nitrogens with zero attached hydrogens (tertiary/aromatic N) is 4. The van der Waals surface area contributed by atoms with Crippen LogP contribution < -0.4 is 0 Å². The number of hydrogen-bond acceptors (Lipinski definition) is 3. The Bertz CT molecular complexity index is 1590. The molecule has 0 unspecified atom stereocenters.